The van der Waals surface area contributed by atoms with E-state index in [0.29, 0.717) is 31.9 Å². The first-order valence-corrected chi connectivity index (χ1v) is 11.3. The molecular weight excluding hydrogens is 364 g/mol. The number of nitrogens with one attached hydrogen (secondary N) is 2. The Hall–Kier alpha value is -2.09. The van der Waals surface area contributed by atoms with Crippen LogP contribution in [0.15, 0.2) is 29.3 Å². The standard InChI is InChI=1S/C19H30N4O3S/c1-15(10-12-27(3,25)26)22-19(20-2)21-13-16-6-8-17(9-7-16)14-23-11-4-5-18(23)24/h6-9,15H,4-5,10-14H2,1-3H3,(H2,20,21,22). The first-order valence-electron chi connectivity index (χ1n) is 9.27. The maximum Gasteiger partial charge on any atom is 0.222 e. The monoisotopic (exact) mass is 394 g/mol. The lowest BCUT2D eigenvalue weighted by molar-refractivity contribution is -0.128. The van der Waals surface area contributed by atoms with E-state index in [9.17, 15) is 13.2 Å². The van der Waals surface area contributed by atoms with Gasteiger partial charge in [0.25, 0.3) is 0 Å². The molecule has 150 valence electrons. The molecule has 1 fully saturated rings. The molecule has 0 aromatic heterocycles. The number of benzene rings is 1. The van der Waals surface area contributed by atoms with Crippen LogP contribution in [0.5, 0.6) is 0 Å². The summed E-state index contributed by atoms with van der Waals surface area (Å²) < 4.78 is 22.5. The van der Waals surface area contributed by atoms with Crippen LogP contribution in [0.2, 0.25) is 0 Å². The van der Waals surface area contributed by atoms with Gasteiger partial charge < -0.3 is 15.5 Å². The molecule has 1 aliphatic heterocycles. The zero-order chi connectivity index (χ0) is 19.9. The van der Waals surface area contributed by atoms with Crippen LogP contribution in [-0.2, 0) is 27.7 Å². The van der Waals surface area contributed by atoms with Crippen LogP contribution >= 0.6 is 0 Å². The Kier molecular flexibility index (Phi) is 7.65. The van der Waals surface area contributed by atoms with Gasteiger partial charge in [0, 0.05) is 45.4 Å². The Morgan fingerprint density at radius 1 is 1.26 bits per heavy atom. The number of carbonyl (C=O) groups is 1. The average Bonchev–Trinajstić information content (AvgIpc) is 3.02. The zero-order valence-corrected chi connectivity index (χ0v) is 17.2. The summed E-state index contributed by atoms with van der Waals surface area (Å²) in [5.41, 5.74) is 2.24. The van der Waals surface area contributed by atoms with Gasteiger partial charge in [-0.1, -0.05) is 24.3 Å². The minimum Gasteiger partial charge on any atom is -0.354 e. The number of likely N-dealkylation sites (tertiary alicyclic amines) is 1. The van der Waals surface area contributed by atoms with Gasteiger partial charge in [-0.25, -0.2) is 8.42 Å². The molecule has 0 spiro atoms. The Balaban J connectivity index is 1.79. The maximum atomic E-state index is 11.7. The van der Waals surface area contributed by atoms with Gasteiger partial charge in [-0.15, -0.1) is 0 Å². The lowest BCUT2D eigenvalue weighted by Crippen LogP contribution is -2.42. The number of carbonyl (C=O) groups excluding carboxylic acids is 1. The molecule has 0 bridgehead atoms. The van der Waals surface area contributed by atoms with Crippen LogP contribution in [0.4, 0.5) is 0 Å². The first-order chi connectivity index (χ1) is 12.8. The van der Waals surface area contributed by atoms with Gasteiger partial charge in [-0.2, -0.15) is 0 Å². The minimum atomic E-state index is -2.96. The van der Waals surface area contributed by atoms with E-state index in [1.54, 1.807) is 7.05 Å². The van der Waals surface area contributed by atoms with Crippen molar-refractivity contribution >= 4 is 21.7 Å². The summed E-state index contributed by atoms with van der Waals surface area (Å²) in [4.78, 5) is 17.8. The molecule has 1 atom stereocenters. The van der Waals surface area contributed by atoms with Crippen LogP contribution in [0, 0.1) is 0 Å². The fourth-order valence-electron chi connectivity index (χ4n) is 2.93. The molecule has 8 heteroatoms. The number of guanidine groups is 1. The lowest BCUT2D eigenvalue weighted by Gasteiger charge is -2.18. The normalized spacial score (nSPS) is 16.5. The van der Waals surface area contributed by atoms with Crippen molar-refractivity contribution in [3.8, 4) is 0 Å². The topological polar surface area (TPSA) is 90.9 Å². The number of amides is 1. The van der Waals surface area contributed by atoms with E-state index in [4.69, 9.17) is 0 Å². The quantitative estimate of drug-likeness (QED) is 0.512. The smallest absolute Gasteiger partial charge is 0.222 e. The molecule has 0 saturated carbocycles. The van der Waals surface area contributed by atoms with Gasteiger partial charge >= 0.3 is 0 Å². The van der Waals surface area contributed by atoms with Crippen molar-refractivity contribution in [2.45, 2.75) is 45.3 Å². The molecule has 1 aliphatic rings. The van der Waals surface area contributed by atoms with Crippen molar-refractivity contribution in [3.05, 3.63) is 35.4 Å². The molecule has 1 amide bonds. The predicted molar refractivity (Wildman–Crippen MR) is 108 cm³/mol. The highest BCUT2D eigenvalue weighted by Gasteiger charge is 2.19. The molecule has 2 N–H and O–H groups in total. The van der Waals surface area contributed by atoms with Crippen molar-refractivity contribution in [1.82, 2.24) is 15.5 Å². The third-order valence-electron chi connectivity index (χ3n) is 4.56. The van der Waals surface area contributed by atoms with Gasteiger partial charge in [-0.3, -0.25) is 9.79 Å². The van der Waals surface area contributed by atoms with Crippen LogP contribution in [0.3, 0.4) is 0 Å². The summed E-state index contributed by atoms with van der Waals surface area (Å²) >= 11 is 0. The SMILES string of the molecule is CN=C(NCc1ccc(CN2CCCC2=O)cc1)NC(C)CCS(C)(=O)=O. The molecular formula is C19H30N4O3S. The Bertz CT molecular complexity index is 760. The molecule has 1 unspecified atom stereocenters. The number of nitrogens with zero attached hydrogens (tertiary/aromatic N) is 2. The van der Waals surface area contributed by atoms with E-state index in [0.717, 1.165) is 24.1 Å². The predicted octanol–water partition coefficient (Wildman–Crippen LogP) is 1.30. The number of hydrogen-bond acceptors (Lipinski definition) is 4. The molecule has 1 aromatic rings. The van der Waals surface area contributed by atoms with Crippen LogP contribution < -0.4 is 10.6 Å². The molecule has 7 nitrogen and oxygen atoms in total. The van der Waals surface area contributed by atoms with Crippen molar-refractivity contribution < 1.29 is 13.2 Å². The van der Waals surface area contributed by atoms with Crippen LogP contribution in [0.25, 0.3) is 0 Å². The van der Waals surface area contributed by atoms with E-state index in [2.05, 4.69) is 15.6 Å². The van der Waals surface area contributed by atoms with E-state index in [1.165, 1.54) is 6.26 Å². The molecule has 1 heterocycles. The third-order valence-corrected chi connectivity index (χ3v) is 5.53. The van der Waals surface area contributed by atoms with E-state index >= 15 is 0 Å². The van der Waals surface area contributed by atoms with Gasteiger partial charge in [-0.05, 0) is 30.9 Å². The van der Waals surface area contributed by atoms with Crippen molar-refractivity contribution in [3.63, 3.8) is 0 Å². The second-order valence-electron chi connectivity index (χ2n) is 7.13. The molecule has 2 rings (SSSR count). The van der Waals surface area contributed by atoms with Gasteiger partial charge in [0.05, 0.1) is 5.75 Å². The van der Waals surface area contributed by atoms with E-state index in [1.807, 2.05) is 36.1 Å². The molecule has 0 radical (unpaired) electrons. The minimum absolute atomic E-state index is 0.00583. The Morgan fingerprint density at radius 3 is 2.48 bits per heavy atom. The second-order valence-corrected chi connectivity index (χ2v) is 9.38. The van der Waals surface area contributed by atoms with Crippen LogP contribution in [-0.4, -0.2) is 56.8 Å². The number of aliphatic imine (C=N–C) groups is 1. The van der Waals surface area contributed by atoms with Gasteiger partial charge in [0.2, 0.25) is 5.91 Å². The summed E-state index contributed by atoms with van der Waals surface area (Å²) in [5.74, 6) is 1.03. The number of rotatable bonds is 8. The largest absolute Gasteiger partial charge is 0.354 e. The molecule has 1 aromatic carbocycles. The number of hydrogen-bond donors (Lipinski definition) is 2. The second kappa shape index (κ2) is 9.73. The Morgan fingerprint density at radius 2 is 1.93 bits per heavy atom. The van der Waals surface area contributed by atoms with Crippen molar-refractivity contribution in [1.29, 1.82) is 0 Å². The summed E-state index contributed by atoms with van der Waals surface area (Å²) in [6, 6.07) is 8.19. The summed E-state index contributed by atoms with van der Waals surface area (Å²) in [6.45, 7) is 4.07. The van der Waals surface area contributed by atoms with E-state index in [-0.39, 0.29) is 17.7 Å². The average molecular weight is 395 g/mol. The highest BCUT2D eigenvalue weighted by molar-refractivity contribution is 7.90. The summed E-state index contributed by atoms with van der Waals surface area (Å²) in [7, 11) is -1.27. The fourth-order valence-corrected chi connectivity index (χ4v) is 3.71. The van der Waals surface area contributed by atoms with Crippen molar-refractivity contribution in [2.75, 3.05) is 25.6 Å². The molecule has 1 saturated heterocycles. The maximum absolute atomic E-state index is 11.7. The van der Waals surface area contributed by atoms with Crippen LogP contribution in [0.1, 0.15) is 37.3 Å². The fraction of sp³-hybridized carbons (Fsp3) is 0.579. The third kappa shape index (κ3) is 7.58. The first kappa shape index (κ1) is 21.2. The zero-order valence-electron chi connectivity index (χ0n) is 16.4. The Labute approximate surface area is 162 Å². The van der Waals surface area contributed by atoms with E-state index < -0.39 is 9.84 Å². The highest BCUT2D eigenvalue weighted by Crippen LogP contribution is 2.14. The van der Waals surface area contributed by atoms with Gasteiger partial charge in [0.15, 0.2) is 5.96 Å². The van der Waals surface area contributed by atoms with Crippen molar-refractivity contribution in [2.24, 2.45) is 4.99 Å². The highest BCUT2D eigenvalue weighted by atomic mass is 32.2. The lowest BCUT2D eigenvalue weighted by atomic mass is 10.1. The summed E-state index contributed by atoms with van der Waals surface area (Å²) in [6.07, 6.45) is 3.39. The molecule has 0 aliphatic carbocycles. The molecule has 27 heavy (non-hydrogen) atoms. The summed E-state index contributed by atoms with van der Waals surface area (Å²) in [5, 5.41) is 6.44. The number of sulfone groups is 1. The van der Waals surface area contributed by atoms with Gasteiger partial charge in [0.1, 0.15) is 9.84 Å².